The summed E-state index contributed by atoms with van der Waals surface area (Å²) < 4.78 is 5.76. The maximum Gasteiger partial charge on any atom is 0.304 e. The quantitative estimate of drug-likeness (QED) is 0.782. The summed E-state index contributed by atoms with van der Waals surface area (Å²) in [5.74, 6) is 0.344. The van der Waals surface area contributed by atoms with E-state index in [1.807, 2.05) is 55.5 Å². The summed E-state index contributed by atoms with van der Waals surface area (Å²) in [6, 6.07) is 15.5. The van der Waals surface area contributed by atoms with Crippen LogP contribution in [0.15, 0.2) is 52.9 Å². The van der Waals surface area contributed by atoms with E-state index in [4.69, 9.17) is 9.52 Å². The number of hydrogen-bond donors (Lipinski definition) is 1. The normalized spacial score (nSPS) is 12.4. The van der Waals surface area contributed by atoms with Gasteiger partial charge in [-0.25, -0.2) is 4.98 Å². The molecule has 1 N–H and O–H groups in total. The smallest absolute Gasteiger partial charge is 0.304 e. The van der Waals surface area contributed by atoms with E-state index in [2.05, 4.69) is 4.98 Å². The molecule has 1 atom stereocenters. The summed E-state index contributed by atoms with van der Waals surface area (Å²) in [7, 11) is 0. The molecule has 0 spiro atoms. The molecule has 1 unspecified atom stereocenters. The average molecular weight is 281 g/mol. The van der Waals surface area contributed by atoms with E-state index in [1.165, 1.54) is 0 Å². The minimum absolute atomic E-state index is 0.0537. The number of furan rings is 1. The van der Waals surface area contributed by atoms with Crippen LogP contribution in [-0.4, -0.2) is 16.1 Å². The summed E-state index contributed by atoms with van der Waals surface area (Å²) in [6.07, 6.45) is 0.0537. The Labute approximate surface area is 122 Å². The standard InChI is InChI=1S/C17H15NO3/c1-11(10-17(19)20)15-8-9-16(21-15)14-7-6-12-4-2-3-5-13(12)18-14/h2-9,11H,10H2,1H3,(H,19,20). The number of rotatable bonds is 4. The number of hydrogen-bond acceptors (Lipinski definition) is 3. The molecule has 3 rings (SSSR count). The minimum atomic E-state index is -0.829. The summed E-state index contributed by atoms with van der Waals surface area (Å²) in [5.41, 5.74) is 1.66. The lowest BCUT2D eigenvalue weighted by Gasteiger charge is -2.04. The Morgan fingerprint density at radius 1 is 1.19 bits per heavy atom. The maximum absolute atomic E-state index is 10.8. The molecule has 3 aromatic rings. The van der Waals surface area contributed by atoms with Crippen molar-refractivity contribution in [1.29, 1.82) is 0 Å². The number of carbonyl (C=O) groups is 1. The predicted octanol–water partition coefficient (Wildman–Crippen LogP) is 4.07. The van der Waals surface area contributed by atoms with Crippen molar-refractivity contribution in [3.05, 3.63) is 54.3 Å². The highest BCUT2D eigenvalue weighted by Crippen LogP contribution is 2.27. The van der Waals surface area contributed by atoms with Gasteiger partial charge in [-0.15, -0.1) is 0 Å². The molecule has 0 fully saturated rings. The molecule has 0 aliphatic carbocycles. The molecule has 0 saturated carbocycles. The summed E-state index contributed by atoms with van der Waals surface area (Å²) >= 11 is 0. The van der Waals surface area contributed by atoms with Crippen molar-refractivity contribution in [3.8, 4) is 11.5 Å². The number of pyridine rings is 1. The van der Waals surface area contributed by atoms with E-state index in [9.17, 15) is 4.79 Å². The van der Waals surface area contributed by atoms with Gasteiger partial charge in [-0.1, -0.05) is 31.2 Å². The zero-order chi connectivity index (χ0) is 14.8. The summed E-state index contributed by atoms with van der Waals surface area (Å²) in [5, 5.41) is 9.91. The van der Waals surface area contributed by atoms with Crippen molar-refractivity contribution in [1.82, 2.24) is 4.98 Å². The zero-order valence-electron chi connectivity index (χ0n) is 11.6. The first kappa shape index (κ1) is 13.4. The third-order valence-corrected chi connectivity index (χ3v) is 3.44. The second kappa shape index (κ2) is 5.40. The first-order valence-electron chi connectivity index (χ1n) is 6.81. The number of para-hydroxylation sites is 1. The number of nitrogens with zero attached hydrogens (tertiary/aromatic N) is 1. The van der Waals surface area contributed by atoms with Gasteiger partial charge in [-0.3, -0.25) is 4.79 Å². The van der Waals surface area contributed by atoms with Crippen molar-refractivity contribution in [3.63, 3.8) is 0 Å². The van der Waals surface area contributed by atoms with Gasteiger partial charge in [-0.2, -0.15) is 0 Å². The summed E-state index contributed by atoms with van der Waals surface area (Å²) in [4.78, 5) is 15.3. The lowest BCUT2D eigenvalue weighted by Crippen LogP contribution is -2.01. The number of aliphatic carboxylic acids is 1. The van der Waals surface area contributed by atoms with Crippen LogP contribution in [0.1, 0.15) is 25.0 Å². The fraction of sp³-hybridized carbons (Fsp3) is 0.176. The second-order valence-electron chi connectivity index (χ2n) is 5.09. The number of benzene rings is 1. The van der Waals surface area contributed by atoms with Crippen molar-refractivity contribution in [2.24, 2.45) is 0 Å². The highest BCUT2D eigenvalue weighted by Gasteiger charge is 2.15. The van der Waals surface area contributed by atoms with Crippen LogP contribution in [0.5, 0.6) is 0 Å². The van der Waals surface area contributed by atoms with Crippen molar-refractivity contribution >= 4 is 16.9 Å². The molecule has 0 bridgehead atoms. The molecule has 0 amide bonds. The molecule has 0 aliphatic rings. The van der Waals surface area contributed by atoms with Gasteiger partial charge in [-0.05, 0) is 24.3 Å². The highest BCUT2D eigenvalue weighted by molar-refractivity contribution is 5.80. The third-order valence-electron chi connectivity index (χ3n) is 3.44. The van der Waals surface area contributed by atoms with Gasteiger partial charge in [0.15, 0.2) is 5.76 Å². The van der Waals surface area contributed by atoms with Crippen LogP contribution in [0.4, 0.5) is 0 Å². The van der Waals surface area contributed by atoms with E-state index in [-0.39, 0.29) is 12.3 Å². The average Bonchev–Trinajstić information content (AvgIpc) is 2.96. The highest BCUT2D eigenvalue weighted by atomic mass is 16.4. The van der Waals surface area contributed by atoms with Crippen molar-refractivity contribution in [2.45, 2.75) is 19.3 Å². The lowest BCUT2D eigenvalue weighted by atomic mass is 10.1. The van der Waals surface area contributed by atoms with Gasteiger partial charge < -0.3 is 9.52 Å². The Bertz CT molecular complexity index is 791. The summed E-state index contributed by atoms with van der Waals surface area (Å²) in [6.45, 7) is 1.84. The largest absolute Gasteiger partial charge is 0.481 e. The van der Waals surface area contributed by atoms with Crippen molar-refractivity contribution < 1.29 is 14.3 Å². The molecule has 2 aromatic heterocycles. The first-order chi connectivity index (χ1) is 10.1. The third kappa shape index (κ3) is 2.79. The first-order valence-corrected chi connectivity index (χ1v) is 6.81. The van der Waals surface area contributed by atoms with Crippen LogP contribution in [0.25, 0.3) is 22.4 Å². The molecule has 0 aliphatic heterocycles. The molecular weight excluding hydrogens is 266 g/mol. The maximum atomic E-state index is 10.8. The van der Waals surface area contributed by atoms with Crippen LogP contribution in [0, 0.1) is 0 Å². The Kier molecular flexibility index (Phi) is 3.44. The second-order valence-corrected chi connectivity index (χ2v) is 5.09. The number of fused-ring (bicyclic) bond motifs is 1. The Balaban J connectivity index is 1.92. The molecule has 2 heterocycles. The van der Waals surface area contributed by atoms with E-state index in [0.29, 0.717) is 11.5 Å². The van der Waals surface area contributed by atoms with E-state index >= 15 is 0 Å². The van der Waals surface area contributed by atoms with Gasteiger partial charge in [0.05, 0.1) is 11.9 Å². The monoisotopic (exact) mass is 281 g/mol. The predicted molar refractivity (Wildman–Crippen MR) is 80.1 cm³/mol. The topological polar surface area (TPSA) is 63.3 Å². The SMILES string of the molecule is CC(CC(=O)O)c1ccc(-c2ccc3ccccc3n2)o1. The minimum Gasteiger partial charge on any atom is -0.481 e. The van der Waals surface area contributed by atoms with Gasteiger partial charge in [0.2, 0.25) is 0 Å². The molecule has 21 heavy (non-hydrogen) atoms. The van der Waals surface area contributed by atoms with Crippen LogP contribution < -0.4 is 0 Å². The molecule has 106 valence electrons. The Morgan fingerprint density at radius 3 is 2.81 bits per heavy atom. The fourth-order valence-electron chi connectivity index (χ4n) is 2.32. The van der Waals surface area contributed by atoms with Crippen LogP contribution in [0.3, 0.4) is 0 Å². The van der Waals surface area contributed by atoms with Crippen molar-refractivity contribution in [2.75, 3.05) is 0 Å². The van der Waals surface area contributed by atoms with Crippen LogP contribution in [-0.2, 0) is 4.79 Å². The molecule has 1 aromatic carbocycles. The zero-order valence-corrected chi connectivity index (χ0v) is 11.6. The fourth-order valence-corrected chi connectivity index (χ4v) is 2.32. The van der Waals surface area contributed by atoms with Crippen LogP contribution in [0.2, 0.25) is 0 Å². The molecule has 4 heteroatoms. The van der Waals surface area contributed by atoms with E-state index in [0.717, 1.165) is 16.6 Å². The van der Waals surface area contributed by atoms with Gasteiger partial charge in [0, 0.05) is 11.3 Å². The van der Waals surface area contributed by atoms with E-state index < -0.39 is 5.97 Å². The van der Waals surface area contributed by atoms with Gasteiger partial charge in [0.1, 0.15) is 11.5 Å². The van der Waals surface area contributed by atoms with Crippen LogP contribution >= 0.6 is 0 Å². The van der Waals surface area contributed by atoms with Gasteiger partial charge >= 0.3 is 5.97 Å². The Hall–Kier alpha value is -2.62. The number of carboxylic acids is 1. The number of carboxylic acid groups (broad SMARTS) is 1. The molecule has 4 nitrogen and oxygen atoms in total. The lowest BCUT2D eigenvalue weighted by molar-refractivity contribution is -0.137. The molecular formula is C17H15NO3. The molecule has 0 radical (unpaired) electrons. The van der Waals surface area contributed by atoms with Gasteiger partial charge in [0.25, 0.3) is 0 Å². The van der Waals surface area contributed by atoms with E-state index in [1.54, 1.807) is 0 Å². The molecule has 0 saturated heterocycles. The Morgan fingerprint density at radius 2 is 2.00 bits per heavy atom. The number of aromatic nitrogens is 1.